The molecule has 20 heavy (non-hydrogen) atoms. The average Bonchev–Trinajstić information content (AvgIpc) is 2.78. The Labute approximate surface area is 113 Å². The lowest BCUT2D eigenvalue weighted by molar-refractivity contribution is 0.554. The molecule has 0 amide bonds. The number of rotatable bonds is 3. The maximum Gasteiger partial charge on any atom is 0.417 e. The maximum atomic E-state index is 12.2. The van der Waals surface area contributed by atoms with Crippen molar-refractivity contribution >= 4 is 26.9 Å². The number of aromatic nitrogens is 2. The molecular weight excluding hydrogens is 282 g/mol. The predicted octanol–water partition coefficient (Wildman–Crippen LogP) is 1.32. The highest BCUT2D eigenvalue weighted by Crippen LogP contribution is 2.18. The Kier molecular flexibility index (Phi) is 2.79. The van der Waals surface area contributed by atoms with Gasteiger partial charge in [0.2, 0.25) is 0 Å². The molecule has 2 aromatic heterocycles. The van der Waals surface area contributed by atoms with Crippen LogP contribution in [0.15, 0.2) is 56.7 Å². The van der Waals surface area contributed by atoms with E-state index in [1.807, 2.05) is 0 Å². The molecule has 0 aliphatic rings. The first-order valence-electron chi connectivity index (χ1n) is 5.61. The number of sulfonamides is 1. The number of hydrogen-bond donors (Lipinski definition) is 2. The third-order valence-electron chi connectivity index (χ3n) is 2.61. The summed E-state index contributed by atoms with van der Waals surface area (Å²) in [4.78, 5) is 17.4. The van der Waals surface area contributed by atoms with Crippen molar-refractivity contribution in [1.29, 1.82) is 0 Å². The summed E-state index contributed by atoms with van der Waals surface area (Å²) in [6, 6.07) is 8.99. The van der Waals surface area contributed by atoms with Gasteiger partial charge in [0, 0.05) is 12.3 Å². The van der Waals surface area contributed by atoms with Crippen molar-refractivity contribution in [2.75, 3.05) is 4.72 Å². The third-order valence-corrected chi connectivity index (χ3v) is 3.96. The van der Waals surface area contributed by atoms with E-state index in [9.17, 15) is 13.2 Å². The first-order chi connectivity index (χ1) is 9.54. The van der Waals surface area contributed by atoms with E-state index in [4.69, 9.17) is 4.42 Å². The highest BCUT2D eigenvalue weighted by atomic mass is 32.2. The number of pyridine rings is 1. The zero-order chi connectivity index (χ0) is 14.2. The molecule has 0 spiro atoms. The second-order valence-corrected chi connectivity index (χ2v) is 5.68. The number of hydrogen-bond acceptors (Lipinski definition) is 5. The summed E-state index contributed by atoms with van der Waals surface area (Å²) in [6.07, 6.45) is 1.48. The van der Waals surface area contributed by atoms with Gasteiger partial charge in [0.25, 0.3) is 10.0 Å². The molecule has 8 heteroatoms. The number of oxazole rings is 1. The molecule has 3 rings (SSSR count). The highest BCUT2D eigenvalue weighted by Gasteiger charge is 2.16. The number of anilines is 1. The summed E-state index contributed by atoms with van der Waals surface area (Å²) in [5.74, 6) is -0.421. The number of benzene rings is 1. The Morgan fingerprint density at radius 3 is 2.80 bits per heavy atom. The fourth-order valence-corrected chi connectivity index (χ4v) is 2.74. The molecule has 0 fully saturated rings. The lowest BCUT2D eigenvalue weighted by Gasteiger charge is -2.06. The van der Waals surface area contributed by atoms with Crippen LogP contribution in [0.5, 0.6) is 0 Å². The first-order valence-corrected chi connectivity index (χ1v) is 7.10. The Balaban J connectivity index is 2.02. The topological polar surface area (TPSA) is 105 Å². The van der Waals surface area contributed by atoms with Gasteiger partial charge in [0.05, 0.1) is 10.4 Å². The van der Waals surface area contributed by atoms with Crippen LogP contribution in [0, 0.1) is 0 Å². The number of H-pyrrole nitrogens is 1. The summed E-state index contributed by atoms with van der Waals surface area (Å²) < 4.78 is 31.5. The molecule has 0 radical (unpaired) electrons. The van der Waals surface area contributed by atoms with Crippen LogP contribution in [0.1, 0.15) is 0 Å². The molecule has 3 aromatic rings. The fourth-order valence-electron chi connectivity index (χ4n) is 1.71. The molecule has 7 nitrogen and oxygen atoms in total. The van der Waals surface area contributed by atoms with E-state index in [0.717, 1.165) is 0 Å². The Morgan fingerprint density at radius 1 is 1.20 bits per heavy atom. The van der Waals surface area contributed by atoms with Gasteiger partial charge in [0.15, 0.2) is 5.58 Å². The van der Waals surface area contributed by atoms with Crippen molar-refractivity contribution in [3.05, 3.63) is 53.1 Å². The van der Waals surface area contributed by atoms with Gasteiger partial charge < -0.3 is 4.42 Å². The molecule has 0 unspecified atom stereocenters. The van der Waals surface area contributed by atoms with E-state index in [1.165, 1.54) is 30.5 Å². The summed E-state index contributed by atoms with van der Waals surface area (Å²) in [5, 5.41) is 0. The second kappa shape index (κ2) is 4.49. The number of aromatic amines is 1. The molecule has 0 saturated carbocycles. The van der Waals surface area contributed by atoms with Crippen LogP contribution < -0.4 is 10.5 Å². The van der Waals surface area contributed by atoms with Crippen molar-refractivity contribution < 1.29 is 12.8 Å². The quantitative estimate of drug-likeness (QED) is 0.757. The van der Waals surface area contributed by atoms with Gasteiger partial charge in [-0.1, -0.05) is 6.07 Å². The van der Waals surface area contributed by atoms with Gasteiger partial charge in [-0.15, -0.1) is 0 Å². The van der Waals surface area contributed by atoms with Gasteiger partial charge in [-0.3, -0.25) is 9.71 Å². The Bertz CT molecular complexity index is 913. The van der Waals surface area contributed by atoms with Crippen LogP contribution in [-0.4, -0.2) is 18.4 Å². The Hall–Kier alpha value is -2.61. The van der Waals surface area contributed by atoms with Crippen LogP contribution in [0.4, 0.5) is 5.82 Å². The Morgan fingerprint density at radius 2 is 2.05 bits per heavy atom. The third kappa shape index (κ3) is 2.28. The summed E-state index contributed by atoms with van der Waals surface area (Å²) in [7, 11) is -3.78. The summed E-state index contributed by atoms with van der Waals surface area (Å²) in [6.45, 7) is 0. The van der Waals surface area contributed by atoms with Crippen molar-refractivity contribution in [3.63, 3.8) is 0 Å². The van der Waals surface area contributed by atoms with Gasteiger partial charge in [-0.25, -0.2) is 18.2 Å². The first kappa shape index (κ1) is 12.4. The van der Waals surface area contributed by atoms with E-state index < -0.39 is 15.8 Å². The number of nitrogens with zero attached hydrogens (tertiary/aromatic N) is 1. The maximum absolute atomic E-state index is 12.2. The zero-order valence-electron chi connectivity index (χ0n) is 10.0. The van der Waals surface area contributed by atoms with E-state index >= 15 is 0 Å². The molecule has 102 valence electrons. The molecule has 1 aromatic carbocycles. The van der Waals surface area contributed by atoms with Crippen molar-refractivity contribution in [2.45, 2.75) is 4.90 Å². The lowest BCUT2D eigenvalue weighted by atomic mass is 10.3. The highest BCUT2D eigenvalue weighted by molar-refractivity contribution is 7.92. The minimum absolute atomic E-state index is 0.0154. The normalized spacial score (nSPS) is 11.6. The molecule has 0 bridgehead atoms. The van der Waals surface area contributed by atoms with Crippen molar-refractivity contribution in [1.82, 2.24) is 9.97 Å². The largest absolute Gasteiger partial charge is 0.417 e. The molecular formula is C12H9N3O4S. The van der Waals surface area contributed by atoms with Crippen LogP contribution >= 0.6 is 0 Å². The zero-order valence-corrected chi connectivity index (χ0v) is 10.8. The van der Waals surface area contributed by atoms with Crippen molar-refractivity contribution in [2.24, 2.45) is 0 Å². The van der Waals surface area contributed by atoms with E-state index in [0.29, 0.717) is 5.52 Å². The van der Waals surface area contributed by atoms with E-state index in [-0.39, 0.29) is 16.3 Å². The molecule has 0 saturated heterocycles. The van der Waals surface area contributed by atoms with Crippen LogP contribution in [0.3, 0.4) is 0 Å². The van der Waals surface area contributed by atoms with Crippen LogP contribution in [-0.2, 0) is 10.0 Å². The SMILES string of the molecule is O=c1[nH]c2ccc(S(=O)(=O)Nc3ccccn3)cc2o1. The van der Waals surface area contributed by atoms with E-state index in [1.54, 1.807) is 12.1 Å². The van der Waals surface area contributed by atoms with Crippen molar-refractivity contribution in [3.8, 4) is 0 Å². The molecule has 0 atom stereocenters. The minimum atomic E-state index is -3.78. The molecule has 0 aliphatic carbocycles. The molecule has 2 heterocycles. The number of nitrogens with one attached hydrogen (secondary N) is 2. The van der Waals surface area contributed by atoms with Crippen LogP contribution in [0.2, 0.25) is 0 Å². The predicted molar refractivity (Wildman–Crippen MR) is 71.9 cm³/mol. The van der Waals surface area contributed by atoms with E-state index in [2.05, 4.69) is 14.7 Å². The van der Waals surface area contributed by atoms with Gasteiger partial charge in [-0.2, -0.15) is 0 Å². The molecule has 2 N–H and O–H groups in total. The number of fused-ring (bicyclic) bond motifs is 1. The summed E-state index contributed by atoms with van der Waals surface area (Å²) in [5.41, 5.74) is 0.616. The van der Waals surface area contributed by atoms with Gasteiger partial charge in [0.1, 0.15) is 5.82 Å². The fraction of sp³-hybridized carbons (Fsp3) is 0. The molecule has 0 aliphatic heterocycles. The van der Waals surface area contributed by atoms with Gasteiger partial charge in [-0.05, 0) is 24.3 Å². The second-order valence-electron chi connectivity index (χ2n) is 3.99. The lowest BCUT2D eigenvalue weighted by Crippen LogP contribution is -2.13. The smallest absolute Gasteiger partial charge is 0.408 e. The standard InChI is InChI=1S/C12H9N3O4S/c16-12-14-9-5-4-8(7-10(9)19-12)20(17,18)15-11-3-1-2-6-13-11/h1-7H,(H,13,15)(H,14,16). The minimum Gasteiger partial charge on any atom is -0.408 e. The van der Waals surface area contributed by atoms with Crippen LogP contribution in [0.25, 0.3) is 11.1 Å². The summed E-state index contributed by atoms with van der Waals surface area (Å²) >= 11 is 0. The average molecular weight is 291 g/mol. The monoisotopic (exact) mass is 291 g/mol. The van der Waals surface area contributed by atoms with Gasteiger partial charge >= 0.3 is 5.76 Å².